The molecular weight excluding hydrogens is 600 g/mol. The molecule has 0 N–H and O–H groups in total. The highest BCUT2D eigenvalue weighted by molar-refractivity contribution is 6.14. The van der Waals surface area contributed by atoms with Gasteiger partial charge in [-0.05, 0) is 36.4 Å². The van der Waals surface area contributed by atoms with Crippen molar-refractivity contribution in [2.45, 2.75) is 0 Å². The first-order valence-corrected chi connectivity index (χ1v) is 12.9. The van der Waals surface area contributed by atoms with Gasteiger partial charge in [-0.1, -0.05) is 0 Å². The van der Waals surface area contributed by atoms with Crippen LogP contribution < -0.4 is 0 Å². The van der Waals surface area contributed by atoms with E-state index < -0.39 is 16.7 Å². The average molecular weight is 607 g/mol. The van der Waals surface area contributed by atoms with Crippen LogP contribution in [0.15, 0.2) is 53.1 Å². The largest absolute Gasteiger partial charge is 0.192 e. The lowest BCUT2D eigenvalue weighted by Gasteiger charge is -2.06. The average Bonchev–Trinajstić information content (AvgIpc) is 3.85. The van der Waals surface area contributed by atoms with Crippen molar-refractivity contribution in [3.05, 3.63) is 120 Å². The fourth-order valence-corrected chi connectivity index (χ4v) is 5.10. The fraction of sp³-hybridized carbons (Fsp3) is 0. The maximum absolute atomic E-state index is 10.5. The number of hydrogen-bond donors (Lipinski definition) is 0. The maximum Gasteiger partial charge on any atom is 0.101 e. The summed E-state index contributed by atoms with van der Waals surface area (Å²) in [4.78, 5) is 0. The molecule has 0 bridgehead atoms. The van der Waals surface area contributed by atoms with Gasteiger partial charge in [-0.2, -0.15) is 63.1 Å². The minimum Gasteiger partial charge on any atom is -0.192 e. The van der Waals surface area contributed by atoms with Gasteiger partial charge in [0.05, 0.1) is 121 Å². The second-order valence-electron chi connectivity index (χ2n) is 9.43. The van der Waals surface area contributed by atoms with Crippen LogP contribution in [0.5, 0.6) is 0 Å². The number of nitrogens with zero attached hydrogens (tertiary/aromatic N) is 12. The Bertz CT molecular complexity index is 2270. The fourth-order valence-electron chi connectivity index (χ4n) is 5.10. The summed E-state index contributed by atoms with van der Waals surface area (Å²) in [5.74, 6) is 0. The zero-order valence-electron chi connectivity index (χ0n) is 23.8. The number of allylic oxidation sites excluding steroid dienone is 6. The minimum absolute atomic E-state index is 0.0725. The van der Waals surface area contributed by atoms with Gasteiger partial charge in [0.15, 0.2) is 0 Å². The highest BCUT2D eigenvalue weighted by Gasteiger charge is 2.43. The molecule has 1 fully saturated rings. The van der Waals surface area contributed by atoms with E-state index in [0.29, 0.717) is 0 Å². The van der Waals surface area contributed by atoms with Crippen molar-refractivity contribution in [3.63, 3.8) is 0 Å². The van der Waals surface area contributed by atoms with E-state index in [2.05, 4.69) is 0 Å². The van der Waals surface area contributed by atoms with Crippen LogP contribution in [-0.4, -0.2) is 0 Å². The standard InChI is InChI=1S/C36H6N12/c37-7-19-1-22(10-40)31(23(2-19)11-41)28(16-46)34-35(29(17-47)32-24(12-42)3-20(8-38)4-25(32)13-43)36(34)30(18-48)33-26(14-44)5-21(9-39)6-27(33)15-45/h1-6H. The van der Waals surface area contributed by atoms with E-state index in [1.807, 2.05) is 72.8 Å². The van der Waals surface area contributed by atoms with Gasteiger partial charge in [0.1, 0.15) is 18.2 Å². The summed E-state index contributed by atoms with van der Waals surface area (Å²) < 4.78 is 0. The van der Waals surface area contributed by atoms with Crippen molar-refractivity contribution in [3.8, 4) is 72.8 Å². The third-order valence-electron chi connectivity index (χ3n) is 7.05. The SMILES string of the molecule is N#CC(=C1C(=C(C#N)c2c(C#N)cc(C#N)cc2C#N)C1=C(C#N)c1c(C#N)cc(C#N)cc1C#N)c1c(C#N)cc(C#N)cc1C#N. The van der Waals surface area contributed by atoms with E-state index in [1.54, 1.807) is 0 Å². The van der Waals surface area contributed by atoms with Crippen LogP contribution in [-0.2, 0) is 0 Å². The molecule has 0 spiro atoms. The molecule has 0 aromatic heterocycles. The lowest BCUT2D eigenvalue weighted by Crippen LogP contribution is -1.97. The molecule has 0 atom stereocenters. The summed E-state index contributed by atoms with van der Waals surface area (Å²) in [7, 11) is 0. The molecule has 0 heterocycles. The molecule has 0 aliphatic heterocycles. The van der Waals surface area contributed by atoms with E-state index in [4.69, 9.17) is 0 Å². The molecule has 4 rings (SSSR count). The summed E-state index contributed by atoms with van der Waals surface area (Å²) in [6.45, 7) is 0. The van der Waals surface area contributed by atoms with Crippen LogP contribution >= 0.6 is 0 Å². The second-order valence-corrected chi connectivity index (χ2v) is 9.43. The van der Waals surface area contributed by atoms with Crippen LogP contribution in [0, 0.1) is 136 Å². The predicted octanol–water partition coefficient (Wildman–Crippen LogP) is 4.78. The topological polar surface area (TPSA) is 285 Å². The Labute approximate surface area is 272 Å². The first-order chi connectivity index (χ1) is 23.3. The summed E-state index contributed by atoms with van der Waals surface area (Å²) in [5, 5.41) is 119. The summed E-state index contributed by atoms with van der Waals surface area (Å²) in [6.07, 6.45) is 0. The van der Waals surface area contributed by atoms with Crippen LogP contribution in [0.2, 0.25) is 0 Å². The molecule has 0 unspecified atom stereocenters. The maximum atomic E-state index is 10.5. The van der Waals surface area contributed by atoms with Gasteiger partial charge in [-0.15, -0.1) is 0 Å². The Morgan fingerprint density at radius 2 is 0.479 bits per heavy atom. The van der Waals surface area contributed by atoms with E-state index >= 15 is 0 Å². The molecule has 1 aliphatic carbocycles. The molecule has 0 radical (unpaired) electrons. The van der Waals surface area contributed by atoms with Crippen molar-refractivity contribution >= 4 is 16.7 Å². The van der Waals surface area contributed by atoms with Crippen molar-refractivity contribution in [1.29, 1.82) is 63.1 Å². The van der Waals surface area contributed by atoms with Crippen molar-refractivity contribution in [1.82, 2.24) is 0 Å². The number of rotatable bonds is 3. The summed E-state index contributed by atoms with van der Waals surface area (Å²) in [5.41, 5.74) is -4.41. The molecule has 3 aromatic carbocycles. The monoisotopic (exact) mass is 606 g/mol. The van der Waals surface area contributed by atoms with Crippen molar-refractivity contribution in [2.75, 3.05) is 0 Å². The molecule has 1 saturated carbocycles. The Hall–Kier alpha value is -9.24. The Morgan fingerprint density at radius 3 is 0.604 bits per heavy atom. The lowest BCUT2D eigenvalue weighted by molar-refractivity contribution is 1.38. The van der Waals surface area contributed by atoms with Crippen LogP contribution in [0.25, 0.3) is 16.7 Å². The van der Waals surface area contributed by atoms with Crippen molar-refractivity contribution < 1.29 is 0 Å². The van der Waals surface area contributed by atoms with Gasteiger partial charge in [-0.25, -0.2) is 0 Å². The molecule has 12 heteroatoms. The number of hydrogen-bond acceptors (Lipinski definition) is 12. The normalized spacial score (nSPS) is 10.1. The van der Waals surface area contributed by atoms with E-state index in [0.717, 1.165) is 36.4 Å². The molecule has 3 aromatic rings. The Balaban J connectivity index is 2.39. The summed E-state index contributed by atoms with van der Waals surface area (Å²) in [6, 6.07) is 28.9. The van der Waals surface area contributed by atoms with Gasteiger partial charge in [0, 0.05) is 33.4 Å². The first kappa shape index (κ1) is 31.7. The van der Waals surface area contributed by atoms with Gasteiger partial charge >= 0.3 is 0 Å². The second kappa shape index (κ2) is 13.0. The third-order valence-corrected chi connectivity index (χ3v) is 7.05. The lowest BCUT2D eigenvalue weighted by atomic mass is 9.91. The van der Waals surface area contributed by atoms with E-state index in [-0.39, 0.29) is 83.5 Å². The van der Waals surface area contributed by atoms with Crippen LogP contribution in [0.1, 0.15) is 66.8 Å². The highest BCUT2D eigenvalue weighted by atomic mass is 14.5. The summed E-state index contributed by atoms with van der Waals surface area (Å²) >= 11 is 0. The smallest absolute Gasteiger partial charge is 0.101 e. The van der Waals surface area contributed by atoms with Crippen LogP contribution in [0.3, 0.4) is 0 Å². The van der Waals surface area contributed by atoms with Gasteiger partial charge in [0.2, 0.25) is 0 Å². The third kappa shape index (κ3) is 5.02. The molecule has 12 nitrogen and oxygen atoms in total. The van der Waals surface area contributed by atoms with E-state index in [1.165, 1.54) is 0 Å². The molecule has 1 aliphatic rings. The molecule has 0 saturated heterocycles. The highest BCUT2D eigenvalue weighted by Crippen LogP contribution is 2.57. The Kier molecular flexibility index (Phi) is 8.55. The number of nitriles is 12. The minimum atomic E-state index is -0.408. The Morgan fingerprint density at radius 1 is 0.292 bits per heavy atom. The molecule has 210 valence electrons. The quantitative estimate of drug-likeness (QED) is 0.364. The zero-order chi connectivity index (χ0) is 35.1. The van der Waals surface area contributed by atoms with E-state index in [9.17, 15) is 63.1 Å². The molecule has 48 heavy (non-hydrogen) atoms. The van der Waals surface area contributed by atoms with Gasteiger partial charge in [-0.3, -0.25) is 0 Å². The molecule has 0 amide bonds. The zero-order valence-corrected chi connectivity index (χ0v) is 23.8. The first-order valence-electron chi connectivity index (χ1n) is 12.9. The van der Waals surface area contributed by atoms with Gasteiger partial charge in [0.25, 0.3) is 0 Å². The predicted molar refractivity (Wildman–Crippen MR) is 159 cm³/mol. The van der Waals surface area contributed by atoms with Crippen LogP contribution in [0.4, 0.5) is 0 Å². The van der Waals surface area contributed by atoms with Gasteiger partial charge < -0.3 is 0 Å². The van der Waals surface area contributed by atoms with Crippen molar-refractivity contribution in [2.24, 2.45) is 0 Å². The molecular formula is C36H6N12. The number of benzene rings is 3.